The first-order valence-electron chi connectivity index (χ1n) is 8.78. The molecule has 1 heterocycles. The number of hydrogen-bond donors (Lipinski definition) is 1. The van der Waals surface area contributed by atoms with Crippen molar-refractivity contribution in [1.82, 2.24) is 5.32 Å². The number of hydrogen-bond acceptors (Lipinski definition) is 3. The number of rotatable bonds is 6. The summed E-state index contributed by atoms with van der Waals surface area (Å²) in [6.07, 6.45) is 1.06. The Labute approximate surface area is 149 Å². The van der Waals surface area contributed by atoms with Gasteiger partial charge >= 0.3 is 0 Å². The summed E-state index contributed by atoms with van der Waals surface area (Å²) in [4.78, 5) is 12.4. The molecule has 25 heavy (non-hydrogen) atoms. The molecule has 0 aromatic heterocycles. The van der Waals surface area contributed by atoms with Crippen LogP contribution in [0.1, 0.15) is 43.4 Å². The monoisotopic (exact) mass is 339 g/mol. The van der Waals surface area contributed by atoms with E-state index in [9.17, 15) is 4.79 Å². The van der Waals surface area contributed by atoms with E-state index in [1.165, 1.54) is 5.56 Å². The Bertz CT molecular complexity index is 737. The third kappa shape index (κ3) is 4.32. The summed E-state index contributed by atoms with van der Waals surface area (Å²) in [6, 6.07) is 14.1. The molecule has 132 valence electrons. The molecule has 1 aliphatic heterocycles. The molecular weight excluding hydrogens is 314 g/mol. The lowest BCUT2D eigenvalue weighted by Gasteiger charge is -2.14. The zero-order chi connectivity index (χ0) is 17.8. The van der Waals surface area contributed by atoms with Crippen LogP contribution in [-0.2, 0) is 17.8 Å². The molecule has 0 fully saturated rings. The Morgan fingerprint density at radius 3 is 2.40 bits per heavy atom. The molecular formula is C21H25NO3. The SMILES string of the molecule is CC(C)Cc1ccc(C(C)C(=O)NCc2ccc3c(c2)OCO3)cc1. The van der Waals surface area contributed by atoms with Gasteiger partial charge in [0.25, 0.3) is 0 Å². The topological polar surface area (TPSA) is 47.6 Å². The fourth-order valence-corrected chi connectivity index (χ4v) is 2.96. The number of ether oxygens (including phenoxy) is 2. The molecule has 1 amide bonds. The van der Waals surface area contributed by atoms with Crippen LogP contribution in [0.15, 0.2) is 42.5 Å². The third-order valence-electron chi connectivity index (χ3n) is 4.42. The number of amides is 1. The predicted molar refractivity (Wildman–Crippen MR) is 97.8 cm³/mol. The second kappa shape index (κ2) is 7.60. The fraction of sp³-hybridized carbons (Fsp3) is 0.381. The van der Waals surface area contributed by atoms with Gasteiger partial charge in [-0.3, -0.25) is 4.79 Å². The van der Waals surface area contributed by atoms with Gasteiger partial charge in [0.15, 0.2) is 11.5 Å². The van der Waals surface area contributed by atoms with Crippen molar-refractivity contribution < 1.29 is 14.3 Å². The number of carbonyl (C=O) groups is 1. The largest absolute Gasteiger partial charge is 0.454 e. The number of fused-ring (bicyclic) bond motifs is 1. The van der Waals surface area contributed by atoms with E-state index < -0.39 is 0 Å². The first kappa shape index (κ1) is 17.3. The summed E-state index contributed by atoms with van der Waals surface area (Å²) in [5, 5.41) is 3.00. The highest BCUT2D eigenvalue weighted by molar-refractivity contribution is 5.83. The highest BCUT2D eigenvalue weighted by Gasteiger charge is 2.16. The van der Waals surface area contributed by atoms with Crippen molar-refractivity contribution in [2.24, 2.45) is 5.92 Å². The van der Waals surface area contributed by atoms with Gasteiger partial charge < -0.3 is 14.8 Å². The lowest BCUT2D eigenvalue weighted by Crippen LogP contribution is -2.27. The number of carbonyl (C=O) groups excluding carboxylic acids is 1. The van der Waals surface area contributed by atoms with Crippen molar-refractivity contribution in [3.05, 3.63) is 59.2 Å². The highest BCUT2D eigenvalue weighted by atomic mass is 16.7. The zero-order valence-corrected chi connectivity index (χ0v) is 15.0. The number of benzene rings is 2. The molecule has 0 aliphatic carbocycles. The quantitative estimate of drug-likeness (QED) is 0.864. The van der Waals surface area contributed by atoms with Crippen LogP contribution in [0.2, 0.25) is 0 Å². The molecule has 4 heteroatoms. The van der Waals surface area contributed by atoms with Crippen LogP contribution in [0.25, 0.3) is 0 Å². The van der Waals surface area contributed by atoms with Crippen molar-refractivity contribution in [3.63, 3.8) is 0 Å². The van der Waals surface area contributed by atoms with Crippen molar-refractivity contribution in [1.29, 1.82) is 0 Å². The van der Waals surface area contributed by atoms with Crippen molar-refractivity contribution >= 4 is 5.91 Å². The minimum absolute atomic E-state index is 0.0225. The average molecular weight is 339 g/mol. The van der Waals surface area contributed by atoms with E-state index in [1.54, 1.807) is 0 Å². The van der Waals surface area contributed by atoms with Gasteiger partial charge in [0.1, 0.15) is 0 Å². The van der Waals surface area contributed by atoms with Crippen LogP contribution in [0, 0.1) is 5.92 Å². The smallest absolute Gasteiger partial charge is 0.231 e. The standard InChI is InChI=1S/C21H25NO3/c1-14(2)10-16-4-7-18(8-5-16)15(3)21(23)22-12-17-6-9-19-20(11-17)25-13-24-19/h4-9,11,14-15H,10,12-13H2,1-3H3,(H,22,23). The van der Waals surface area contributed by atoms with Gasteiger partial charge in [0.05, 0.1) is 5.92 Å². The van der Waals surface area contributed by atoms with Crippen LogP contribution in [0.4, 0.5) is 0 Å². The Kier molecular flexibility index (Phi) is 5.27. The van der Waals surface area contributed by atoms with Gasteiger partial charge in [-0.15, -0.1) is 0 Å². The molecule has 1 unspecified atom stereocenters. The Morgan fingerprint density at radius 2 is 1.68 bits per heavy atom. The van der Waals surface area contributed by atoms with Gasteiger partial charge in [0.2, 0.25) is 12.7 Å². The lowest BCUT2D eigenvalue weighted by molar-refractivity contribution is -0.122. The van der Waals surface area contributed by atoms with E-state index >= 15 is 0 Å². The summed E-state index contributed by atoms with van der Waals surface area (Å²) in [5.41, 5.74) is 3.35. The van der Waals surface area contributed by atoms with Gasteiger partial charge in [0, 0.05) is 6.54 Å². The predicted octanol–water partition coefficient (Wildman–Crippen LogP) is 4.03. The molecule has 0 spiro atoms. The number of nitrogens with one attached hydrogen (secondary N) is 1. The Hall–Kier alpha value is -2.49. The maximum absolute atomic E-state index is 12.4. The second-order valence-electron chi connectivity index (χ2n) is 6.97. The van der Waals surface area contributed by atoms with E-state index in [2.05, 4.69) is 43.4 Å². The molecule has 4 nitrogen and oxygen atoms in total. The minimum Gasteiger partial charge on any atom is -0.454 e. The van der Waals surface area contributed by atoms with Crippen LogP contribution in [-0.4, -0.2) is 12.7 Å². The molecule has 0 saturated heterocycles. The van der Waals surface area contributed by atoms with Gasteiger partial charge in [-0.05, 0) is 48.1 Å². The van der Waals surface area contributed by atoms with Gasteiger partial charge in [-0.2, -0.15) is 0 Å². The van der Waals surface area contributed by atoms with E-state index in [4.69, 9.17) is 9.47 Å². The Morgan fingerprint density at radius 1 is 1.00 bits per heavy atom. The first-order valence-corrected chi connectivity index (χ1v) is 8.78. The molecule has 0 saturated carbocycles. The second-order valence-corrected chi connectivity index (χ2v) is 6.97. The van der Waals surface area contributed by atoms with Crippen LogP contribution >= 0.6 is 0 Å². The maximum Gasteiger partial charge on any atom is 0.231 e. The van der Waals surface area contributed by atoms with Crippen molar-refractivity contribution in [2.75, 3.05) is 6.79 Å². The molecule has 1 atom stereocenters. The fourth-order valence-electron chi connectivity index (χ4n) is 2.96. The highest BCUT2D eigenvalue weighted by Crippen LogP contribution is 2.32. The van der Waals surface area contributed by atoms with Gasteiger partial charge in [-0.25, -0.2) is 0 Å². The Balaban J connectivity index is 1.57. The van der Waals surface area contributed by atoms with Crippen molar-refractivity contribution in [2.45, 2.75) is 39.7 Å². The van der Waals surface area contributed by atoms with Crippen LogP contribution in [0.3, 0.4) is 0 Å². The first-order chi connectivity index (χ1) is 12.0. The summed E-state index contributed by atoms with van der Waals surface area (Å²) in [7, 11) is 0. The van der Waals surface area contributed by atoms with E-state index in [0.29, 0.717) is 12.5 Å². The van der Waals surface area contributed by atoms with Crippen LogP contribution < -0.4 is 14.8 Å². The third-order valence-corrected chi connectivity index (χ3v) is 4.42. The normalized spacial score (nSPS) is 13.8. The maximum atomic E-state index is 12.4. The summed E-state index contributed by atoms with van der Waals surface area (Å²) in [5.74, 6) is 1.97. The zero-order valence-electron chi connectivity index (χ0n) is 15.0. The van der Waals surface area contributed by atoms with E-state index in [1.807, 2.05) is 25.1 Å². The molecule has 0 bridgehead atoms. The molecule has 0 radical (unpaired) electrons. The molecule has 2 aromatic rings. The van der Waals surface area contributed by atoms with Crippen molar-refractivity contribution in [3.8, 4) is 11.5 Å². The van der Waals surface area contributed by atoms with Crippen LogP contribution in [0.5, 0.6) is 11.5 Å². The lowest BCUT2D eigenvalue weighted by atomic mass is 9.96. The molecule has 1 aliphatic rings. The van der Waals surface area contributed by atoms with E-state index in [0.717, 1.165) is 29.0 Å². The average Bonchev–Trinajstić information content (AvgIpc) is 3.07. The molecule has 1 N–H and O–H groups in total. The summed E-state index contributed by atoms with van der Waals surface area (Å²) >= 11 is 0. The summed E-state index contributed by atoms with van der Waals surface area (Å²) < 4.78 is 10.7. The minimum atomic E-state index is -0.179. The molecule has 2 aromatic carbocycles. The summed E-state index contributed by atoms with van der Waals surface area (Å²) in [6.45, 7) is 7.09. The molecule has 3 rings (SSSR count). The van der Waals surface area contributed by atoms with E-state index in [-0.39, 0.29) is 18.6 Å². The van der Waals surface area contributed by atoms with Gasteiger partial charge in [-0.1, -0.05) is 44.2 Å².